The Bertz CT molecular complexity index is 863. The molecule has 6 heteroatoms. The minimum Gasteiger partial charge on any atom is -0.468 e. The summed E-state index contributed by atoms with van der Waals surface area (Å²) in [5, 5.41) is 7.59. The average Bonchev–Trinajstić information content (AvgIpc) is 3.14. The summed E-state index contributed by atoms with van der Waals surface area (Å²) in [7, 11) is -3.00. The van der Waals surface area contributed by atoms with Gasteiger partial charge in [0.2, 0.25) is 8.24 Å². The topological polar surface area (TPSA) is 41.9 Å². The quantitative estimate of drug-likeness (QED) is 0.525. The van der Waals surface area contributed by atoms with E-state index in [0.29, 0.717) is 0 Å². The Hall–Kier alpha value is -2.19. The molecule has 0 radical (unpaired) electrons. The molecule has 0 unspecified atom stereocenters. The van der Waals surface area contributed by atoms with Gasteiger partial charge in [-0.2, -0.15) is 5.10 Å². The van der Waals surface area contributed by atoms with Crippen LogP contribution in [0.25, 0.3) is 0 Å². The Morgan fingerprint density at radius 3 is 1.77 bits per heavy atom. The maximum absolute atomic E-state index is 12.8. The summed E-state index contributed by atoms with van der Waals surface area (Å²) in [4.78, 5) is 12.8. The number of hydrazone groups is 1. The molecule has 4 nitrogen and oxygen atoms in total. The Morgan fingerprint density at radius 2 is 1.40 bits per heavy atom. The molecule has 1 aliphatic rings. The lowest BCUT2D eigenvalue weighted by Crippen LogP contribution is -2.77. The molecule has 0 fully saturated rings. The van der Waals surface area contributed by atoms with Crippen LogP contribution >= 0.6 is 0 Å². The van der Waals surface area contributed by atoms with Crippen molar-refractivity contribution >= 4 is 38.9 Å². The summed E-state index contributed by atoms with van der Waals surface area (Å²) in [6.07, 6.45) is 1.84. The van der Waals surface area contributed by atoms with Gasteiger partial charge in [-0.25, -0.2) is 0 Å². The molecule has 0 aromatic heterocycles. The molecule has 2 aromatic carbocycles. The molecule has 0 bridgehead atoms. The van der Waals surface area contributed by atoms with Crippen molar-refractivity contribution in [2.45, 2.75) is 51.1 Å². The average molecular weight is 439 g/mol. The summed E-state index contributed by atoms with van der Waals surface area (Å²) in [6.45, 7) is 13.9. The smallest absolute Gasteiger partial charge is 0.316 e. The zero-order valence-corrected chi connectivity index (χ0v) is 21.2. The fourth-order valence-electron chi connectivity index (χ4n) is 4.98. The summed E-state index contributed by atoms with van der Waals surface area (Å²) in [5.74, 6) is -0.519. The second-order valence-corrected chi connectivity index (χ2v) is 20.0. The Labute approximate surface area is 183 Å². The highest BCUT2D eigenvalue weighted by molar-refractivity contribution is 7.03. The van der Waals surface area contributed by atoms with Gasteiger partial charge in [0.1, 0.15) is 5.92 Å². The van der Waals surface area contributed by atoms with E-state index in [0.717, 1.165) is 0 Å². The predicted octanol–water partition coefficient (Wildman–Crippen LogP) is 3.88. The van der Waals surface area contributed by atoms with E-state index in [1.165, 1.54) is 17.5 Å². The van der Waals surface area contributed by atoms with E-state index in [2.05, 4.69) is 106 Å². The summed E-state index contributed by atoms with van der Waals surface area (Å²) in [5.41, 5.74) is 0.0382. The maximum Gasteiger partial charge on any atom is 0.316 e. The van der Waals surface area contributed by atoms with E-state index in [-0.39, 0.29) is 22.6 Å². The molecule has 0 amide bonds. The number of carbonyl (C=O) groups excluding carboxylic acids is 1. The maximum atomic E-state index is 12.8. The van der Waals surface area contributed by atoms with Crippen molar-refractivity contribution in [1.29, 1.82) is 0 Å². The molecule has 0 N–H and O–H groups in total. The van der Waals surface area contributed by atoms with Crippen LogP contribution in [0.4, 0.5) is 0 Å². The molecule has 1 aliphatic heterocycles. The number of carbonyl (C=O) groups is 1. The van der Waals surface area contributed by atoms with Crippen molar-refractivity contribution in [1.82, 2.24) is 4.67 Å². The minimum absolute atomic E-state index is 0.0382. The van der Waals surface area contributed by atoms with Gasteiger partial charge >= 0.3 is 5.97 Å². The molecule has 2 atom stereocenters. The molecule has 0 aliphatic carbocycles. The predicted molar refractivity (Wildman–Crippen MR) is 131 cm³/mol. The van der Waals surface area contributed by atoms with Gasteiger partial charge in [0.25, 0.3) is 0 Å². The number of nitrogens with zero attached hydrogens (tertiary/aromatic N) is 2. The fourth-order valence-corrected chi connectivity index (χ4v) is 14.3. The Morgan fingerprint density at radius 1 is 0.933 bits per heavy atom. The molecular formula is C24H34N2O2Si2. The van der Waals surface area contributed by atoms with Crippen molar-refractivity contribution < 1.29 is 9.53 Å². The fraction of sp³-hybridized carbons (Fsp3) is 0.417. The Balaban J connectivity index is 2.35. The molecular weight excluding hydrogens is 404 g/mol. The van der Waals surface area contributed by atoms with Crippen LogP contribution in [0.5, 0.6) is 0 Å². The Kier molecular flexibility index (Phi) is 6.11. The van der Waals surface area contributed by atoms with Gasteiger partial charge in [-0.3, -0.25) is 4.79 Å². The van der Waals surface area contributed by atoms with Crippen molar-refractivity contribution in [3.8, 4) is 0 Å². The number of methoxy groups -OCH3 is 1. The molecule has 0 saturated carbocycles. The second-order valence-electron chi connectivity index (χ2n) is 10.2. The lowest BCUT2D eigenvalue weighted by Gasteiger charge is -2.53. The molecule has 160 valence electrons. The lowest BCUT2D eigenvalue weighted by molar-refractivity contribution is -0.143. The normalized spacial score (nSPS) is 19.8. The van der Waals surface area contributed by atoms with Crippen molar-refractivity contribution in [2.75, 3.05) is 7.11 Å². The van der Waals surface area contributed by atoms with Crippen LogP contribution in [-0.2, 0) is 9.53 Å². The van der Waals surface area contributed by atoms with Crippen molar-refractivity contribution in [2.24, 2.45) is 11.0 Å². The highest BCUT2D eigenvalue weighted by atomic mass is 28.3. The van der Waals surface area contributed by atoms with Crippen LogP contribution in [-0.4, -0.2) is 45.9 Å². The van der Waals surface area contributed by atoms with E-state index in [4.69, 9.17) is 9.84 Å². The number of ether oxygens (including phenoxy) is 1. The van der Waals surface area contributed by atoms with Crippen LogP contribution < -0.4 is 10.4 Å². The standard InChI is InChI=1S/C24H34N2O2Si2/c1-24(2,3)30(19-14-10-8-11-15-19,20-16-12-9-13-17-20)26-22(29(5,6)7)21(18-25-26)23(27)28-4/h8-18,21-22H,1-7H3/t21-,22+/m1/s1. The van der Waals surface area contributed by atoms with Crippen LogP contribution in [0.1, 0.15) is 20.8 Å². The zero-order chi connectivity index (χ0) is 22.2. The van der Waals surface area contributed by atoms with Gasteiger partial charge in [-0.05, 0) is 15.4 Å². The van der Waals surface area contributed by atoms with E-state index >= 15 is 0 Å². The van der Waals surface area contributed by atoms with Gasteiger partial charge in [-0.1, -0.05) is 101 Å². The first-order chi connectivity index (χ1) is 14.0. The van der Waals surface area contributed by atoms with Gasteiger partial charge in [0.05, 0.1) is 15.2 Å². The first-order valence-corrected chi connectivity index (χ1v) is 16.1. The molecule has 2 aromatic rings. The highest BCUT2D eigenvalue weighted by Crippen LogP contribution is 2.43. The van der Waals surface area contributed by atoms with E-state index in [1.54, 1.807) is 0 Å². The number of hydrogen-bond acceptors (Lipinski definition) is 4. The van der Waals surface area contributed by atoms with Crippen LogP contribution in [0, 0.1) is 5.92 Å². The second kappa shape index (κ2) is 8.15. The van der Waals surface area contributed by atoms with Crippen molar-refractivity contribution in [3.05, 3.63) is 60.7 Å². The van der Waals surface area contributed by atoms with Gasteiger partial charge in [0, 0.05) is 11.9 Å². The van der Waals surface area contributed by atoms with Crippen LogP contribution in [0.2, 0.25) is 24.7 Å². The summed E-state index contributed by atoms with van der Waals surface area (Å²) < 4.78 is 7.58. The first-order valence-electron chi connectivity index (χ1n) is 10.6. The SMILES string of the molecule is COC(=O)[C@@H]1C=NN([Si](c2ccccc2)(c2ccccc2)C(C)(C)C)[C@H]1[Si](C)(C)C. The van der Waals surface area contributed by atoms with E-state index in [1.807, 2.05) is 6.21 Å². The molecule has 30 heavy (non-hydrogen) atoms. The third-order valence-corrected chi connectivity index (χ3v) is 14.4. The highest BCUT2D eigenvalue weighted by Gasteiger charge is 2.60. The van der Waals surface area contributed by atoms with E-state index in [9.17, 15) is 4.79 Å². The molecule has 0 saturated heterocycles. The molecule has 1 heterocycles. The van der Waals surface area contributed by atoms with Crippen LogP contribution in [0.15, 0.2) is 65.8 Å². The number of esters is 1. The number of rotatable bonds is 5. The molecule has 3 rings (SSSR count). The van der Waals surface area contributed by atoms with Crippen molar-refractivity contribution in [3.63, 3.8) is 0 Å². The first kappa shape index (κ1) is 22.5. The number of benzene rings is 2. The lowest BCUT2D eigenvalue weighted by atomic mass is 10.2. The van der Waals surface area contributed by atoms with Gasteiger partial charge in [0.15, 0.2) is 0 Å². The number of hydrogen-bond donors (Lipinski definition) is 0. The van der Waals surface area contributed by atoms with Crippen LogP contribution in [0.3, 0.4) is 0 Å². The monoisotopic (exact) mass is 438 g/mol. The third kappa shape index (κ3) is 3.67. The molecule has 0 spiro atoms. The zero-order valence-electron chi connectivity index (χ0n) is 19.2. The van der Waals surface area contributed by atoms with E-state index < -0.39 is 16.3 Å². The third-order valence-electron chi connectivity index (χ3n) is 6.13. The summed E-state index contributed by atoms with van der Waals surface area (Å²) >= 11 is 0. The summed E-state index contributed by atoms with van der Waals surface area (Å²) in [6, 6.07) is 21.6. The largest absolute Gasteiger partial charge is 0.468 e. The van der Waals surface area contributed by atoms with Gasteiger partial charge < -0.3 is 9.41 Å². The minimum atomic E-state index is -2.63. The van der Waals surface area contributed by atoms with Gasteiger partial charge in [-0.15, -0.1) is 0 Å².